The van der Waals surface area contributed by atoms with Gasteiger partial charge < -0.3 is 5.73 Å². The van der Waals surface area contributed by atoms with Gasteiger partial charge in [-0.15, -0.1) is 0 Å². The summed E-state index contributed by atoms with van der Waals surface area (Å²) < 4.78 is 28.3. The fraction of sp³-hybridized carbons (Fsp3) is 0.667. The Hall–Kier alpha value is -0.960. The van der Waals surface area contributed by atoms with Crippen molar-refractivity contribution >= 4 is 0 Å². The molecule has 1 fully saturated rings. The number of rotatable bonds is 6. The molecule has 1 aliphatic carbocycles. The molecular formula is C18H29F2N. The topological polar surface area (TPSA) is 26.0 Å². The molecule has 1 aliphatic rings. The Kier molecular flexibility index (Phi) is 7.30. The average Bonchev–Trinajstić information content (AvgIpc) is 2.46. The second-order valence-electron chi connectivity index (χ2n) is 6.15. The predicted octanol–water partition coefficient (Wildman–Crippen LogP) is 4.75. The molecule has 0 aromatic carbocycles. The van der Waals surface area contributed by atoms with Gasteiger partial charge in [-0.1, -0.05) is 44.7 Å². The SMILES string of the molecule is C=CC(=CC1CC(F)[C@@H](C(F)/C=C/C)CC1C)C(N)CC. The Morgan fingerprint density at radius 3 is 2.62 bits per heavy atom. The Labute approximate surface area is 128 Å². The molecule has 6 atom stereocenters. The predicted molar refractivity (Wildman–Crippen MR) is 86.5 cm³/mol. The van der Waals surface area contributed by atoms with Crippen molar-refractivity contribution in [2.24, 2.45) is 23.5 Å². The zero-order valence-electron chi connectivity index (χ0n) is 13.4. The molecule has 0 radical (unpaired) electrons. The fourth-order valence-corrected chi connectivity index (χ4v) is 3.13. The van der Waals surface area contributed by atoms with E-state index in [9.17, 15) is 8.78 Å². The summed E-state index contributed by atoms with van der Waals surface area (Å²) in [7, 11) is 0. The van der Waals surface area contributed by atoms with Crippen LogP contribution in [0.3, 0.4) is 0 Å². The monoisotopic (exact) mass is 297 g/mol. The molecule has 3 heteroatoms. The first kappa shape index (κ1) is 18.1. The van der Waals surface area contributed by atoms with Crippen molar-refractivity contribution in [1.82, 2.24) is 0 Å². The summed E-state index contributed by atoms with van der Waals surface area (Å²) in [5, 5.41) is 0. The van der Waals surface area contributed by atoms with Crippen molar-refractivity contribution in [2.45, 2.75) is 58.4 Å². The summed E-state index contributed by atoms with van der Waals surface area (Å²) in [5.41, 5.74) is 7.01. The molecular weight excluding hydrogens is 268 g/mol. The summed E-state index contributed by atoms with van der Waals surface area (Å²) in [6.45, 7) is 9.65. The molecule has 2 N–H and O–H groups in total. The minimum Gasteiger partial charge on any atom is -0.324 e. The van der Waals surface area contributed by atoms with Crippen molar-refractivity contribution in [2.75, 3.05) is 0 Å². The Morgan fingerprint density at radius 2 is 2.10 bits per heavy atom. The lowest BCUT2D eigenvalue weighted by atomic mass is 9.71. The molecule has 120 valence electrons. The van der Waals surface area contributed by atoms with Gasteiger partial charge in [0.25, 0.3) is 0 Å². The molecule has 0 heterocycles. The van der Waals surface area contributed by atoms with Crippen molar-refractivity contribution in [3.05, 3.63) is 36.5 Å². The summed E-state index contributed by atoms with van der Waals surface area (Å²) in [4.78, 5) is 0. The van der Waals surface area contributed by atoms with Gasteiger partial charge in [0.15, 0.2) is 0 Å². The highest BCUT2D eigenvalue weighted by Gasteiger charge is 2.38. The van der Waals surface area contributed by atoms with Gasteiger partial charge in [0, 0.05) is 12.0 Å². The van der Waals surface area contributed by atoms with Crippen LogP contribution in [0.2, 0.25) is 0 Å². The lowest BCUT2D eigenvalue weighted by Gasteiger charge is -2.36. The van der Waals surface area contributed by atoms with E-state index in [0.717, 1.165) is 12.0 Å². The van der Waals surface area contributed by atoms with Gasteiger partial charge in [0.1, 0.15) is 12.3 Å². The quantitative estimate of drug-likeness (QED) is 0.555. The summed E-state index contributed by atoms with van der Waals surface area (Å²) in [6, 6.07) is -0.0533. The maximum atomic E-state index is 14.3. The van der Waals surface area contributed by atoms with Gasteiger partial charge in [-0.25, -0.2) is 8.78 Å². The van der Waals surface area contributed by atoms with Gasteiger partial charge in [-0.2, -0.15) is 0 Å². The minimum absolute atomic E-state index is 0.0533. The van der Waals surface area contributed by atoms with Gasteiger partial charge >= 0.3 is 0 Å². The van der Waals surface area contributed by atoms with Crippen LogP contribution in [0, 0.1) is 17.8 Å². The maximum Gasteiger partial charge on any atom is 0.124 e. The van der Waals surface area contributed by atoms with E-state index >= 15 is 0 Å². The summed E-state index contributed by atoms with van der Waals surface area (Å²) in [5.74, 6) is -0.156. The standard InChI is InChI=1S/C18H29F2N/c1-5-8-16(19)15-9-12(4)14(11-17(15)20)10-13(6-2)18(21)7-3/h5-6,8,10,12,14-18H,2,7,9,11,21H2,1,3-4H3/b8-5+,13-10?/t12?,14?,15-,16?,17?,18?/m1/s1. The van der Waals surface area contributed by atoms with Gasteiger partial charge in [-0.3, -0.25) is 0 Å². The molecule has 5 unspecified atom stereocenters. The zero-order valence-corrected chi connectivity index (χ0v) is 13.4. The van der Waals surface area contributed by atoms with Crippen LogP contribution < -0.4 is 5.73 Å². The van der Waals surface area contributed by atoms with Gasteiger partial charge in [0.05, 0.1) is 0 Å². The second-order valence-corrected chi connectivity index (χ2v) is 6.15. The van der Waals surface area contributed by atoms with Crippen molar-refractivity contribution in [1.29, 1.82) is 0 Å². The first-order valence-corrected chi connectivity index (χ1v) is 7.95. The molecule has 0 aromatic heterocycles. The normalized spacial score (nSPS) is 33.9. The highest BCUT2D eigenvalue weighted by molar-refractivity contribution is 5.24. The first-order valence-electron chi connectivity index (χ1n) is 7.95. The molecule has 21 heavy (non-hydrogen) atoms. The largest absolute Gasteiger partial charge is 0.324 e. The Balaban J connectivity index is 2.82. The highest BCUT2D eigenvalue weighted by atomic mass is 19.1. The van der Waals surface area contributed by atoms with Crippen LogP contribution in [0.15, 0.2) is 36.5 Å². The third-order valence-electron chi connectivity index (χ3n) is 4.63. The van der Waals surface area contributed by atoms with E-state index in [1.165, 1.54) is 6.08 Å². The van der Waals surface area contributed by atoms with Crippen LogP contribution in [0.25, 0.3) is 0 Å². The maximum absolute atomic E-state index is 14.3. The number of nitrogens with two attached hydrogens (primary N) is 1. The van der Waals surface area contributed by atoms with Crippen molar-refractivity contribution in [3.8, 4) is 0 Å². The molecule has 1 nitrogen and oxygen atoms in total. The lowest BCUT2D eigenvalue weighted by Crippen LogP contribution is -2.36. The number of hydrogen-bond acceptors (Lipinski definition) is 1. The minimum atomic E-state index is -1.19. The molecule has 0 bridgehead atoms. The lowest BCUT2D eigenvalue weighted by molar-refractivity contribution is 0.0627. The van der Waals surface area contributed by atoms with E-state index in [0.29, 0.717) is 12.8 Å². The highest BCUT2D eigenvalue weighted by Crippen LogP contribution is 2.39. The molecule has 1 saturated carbocycles. The smallest absolute Gasteiger partial charge is 0.124 e. The van der Waals surface area contributed by atoms with Crippen LogP contribution in [-0.4, -0.2) is 18.4 Å². The van der Waals surface area contributed by atoms with Crippen LogP contribution in [0.1, 0.15) is 40.0 Å². The van der Waals surface area contributed by atoms with E-state index in [2.05, 4.69) is 19.6 Å². The summed E-state index contributed by atoms with van der Waals surface area (Å²) >= 11 is 0. The second kappa shape index (κ2) is 8.47. The zero-order chi connectivity index (χ0) is 16.0. The Morgan fingerprint density at radius 1 is 1.43 bits per heavy atom. The molecule has 0 spiro atoms. The van der Waals surface area contributed by atoms with Crippen LogP contribution in [-0.2, 0) is 0 Å². The van der Waals surface area contributed by atoms with E-state index in [1.807, 2.05) is 6.92 Å². The van der Waals surface area contributed by atoms with Crippen LogP contribution in [0.4, 0.5) is 8.78 Å². The first-order chi connectivity index (χ1) is 9.94. The van der Waals surface area contributed by atoms with Crippen molar-refractivity contribution < 1.29 is 8.78 Å². The van der Waals surface area contributed by atoms with E-state index < -0.39 is 18.3 Å². The van der Waals surface area contributed by atoms with Gasteiger partial charge in [0.2, 0.25) is 0 Å². The van der Waals surface area contributed by atoms with E-state index in [4.69, 9.17) is 5.73 Å². The summed E-state index contributed by atoms with van der Waals surface area (Å²) in [6.07, 6.45) is 6.42. The average molecular weight is 297 g/mol. The molecule has 0 aromatic rings. The number of halogens is 2. The number of hydrogen-bond donors (Lipinski definition) is 1. The number of alkyl halides is 2. The molecule has 1 rings (SSSR count). The molecule has 0 saturated heterocycles. The molecule has 0 aliphatic heterocycles. The van der Waals surface area contributed by atoms with Crippen molar-refractivity contribution in [3.63, 3.8) is 0 Å². The van der Waals surface area contributed by atoms with Gasteiger partial charge in [-0.05, 0) is 43.6 Å². The Bertz CT molecular complexity index is 389. The molecule has 0 amide bonds. The van der Waals surface area contributed by atoms with E-state index in [1.54, 1.807) is 19.1 Å². The number of allylic oxidation sites excluding steroid dienone is 3. The van der Waals surface area contributed by atoms with Crippen LogP contribution >= 0.6 is 0 Å². The van der Waals surface area contributed by atoms with Crippen LogP contribution in [0.5, 0.6) is 0 Å². The fourth-order valence-electron chi connectivity index (χ4n) is 3.13. The third kappa shape index (κ3) is 4.77. The third-order valence-corrected chi connectivity index (χ3v) is 4.63. The van der Waals surface area contributed by atoms with E-state index in [-0.39, 0.29) is 17.9 Å².